The van der Waals surface area contributed by atoms with Crippen LogP contribution < -0.4 is 10.6 Å². The van der Waals surface area contributed by atoms with Crippen LogP contribution in [0.1, 0.15) is 12.0 Å². The Bertz CT molecular complexity index is 322. The van der Waals surface area contributed by atoms with Crippen LogP contribution >= 0.6 is 0 Å². The third-order valence-corrected chi connectivity index (χ3v) is 3.55. The zero-order valence-corrected chi connectivity index (χ0v) is 8.29. The second-order valence-electron chi connectivity index (χ2n) is 4.53. The predicted octanol–water partition coefficient (Wildman–Crippen LogP) is 1.14. The van der Waals surface area contributed by atoms with Crippen molar-refractivity contribution in [3.05, 3.63) is 35.9 Å². The van der Waals surface area contributed by atoms with Gasteiger partial charge in [-0.2, -0.15) is 0 Å². The summed E-state index contributed by atoms with van der Waals surface area (Å²) in [7, 11) is 0. The molecule has 0 radical (unpaired) electrons. The van der Waals surface area contributed by atoms with Gasteiger partial charge in [0.25, 0.3) is 0 Å². The van der Waals surface area contributed by atoms with E-state index in [1.54, 1.807) is 0 Å². The molecule has 0 spiro atoms. The first-order chi connectivity index (χ1) is 6.89. The van der Waals surface area contributed by atoms with Gasteiger partial charge in [-0.15, -0.1) is 0 Å². The number of hydrogen-bond donors (Lipinski definition) is 2. The van der Waals surface area contributed by atoms with Gasteiger partial charge in [0.2, 0.25) is 0 Å². The van der Waals surface area contributed by atoms with E-state index in [2.05, 4.69) is 41.0 Å². The molecule has 1 saturated heterocycles. The third-order valence-electron chi connectivity index (χ3n) is 3.55. The minimum atomic E-state index is 0.454. The first kappa shape index (κ1) is 8.45. The molecule has 1 saturated carbocycles. The summed E-state index contributed by atoms with van der Waals surface area (Å²) in [6.07, 6.45) is 1.37. The molecule has 1 heterocycles. The summed E-state index contributed by atoms with van der Waals surface area (Å²) >= 11 is 0. The van der Waals surface area contributed by atoms with E-state index in [9.17, 15) is 0 Å². The predicted molar refractivity (Wildman–Crippen MR) is 57.0 cm³/mol. The summed E-state index contributed by atoms with van der Waals surface area (Å²) in [5.41, 5.74) is 1.84. The molecular formula is C12H16N2. The molecule has 2 nitrogen and oxygen atoms in total. The molecule has 2 atom stereocenters. The van der Waals surface area contributed by atoms with Gasteiger partial charge in [-0.3, -0.25) is 0 Å². The van der Waals surface area contributed by atoms with Gasteiger partial charge in [0.05, 0.1) is 0 Å². The maximum absolute atomic E-state index is 3.69. The Morgan fingerprint density at radius 1 is 1.36 bits per heavy atom. The largest absolute Gasteiger partial charge is 0.315 e. The topological polar surface area (TPSA) is 24.1 Å². The lowest BCUT2D eigenvalue weighted by Gasteiger charge is -2.14. The van der Waals surface area contributed by atoms with Crippen LogP contribution in [0.3, 0.4) is 0 Å². The van der Waals surface area contributed by atoms with E-state index in [1.165, 1.54) is 18.5 Å². The minimum Gasteiger partial charge on any atom is -0.315 e. The quantitative estimate of drug-likeness (QED) is 0.743. The lowest BCUT2D eigenvalue weighted by atomic mass is 10.2. The maximum Gasteiger partial charge on any atom is 0.0354 e. The Labute approximate surface area is 84.7 Å². The summed E-state index contributed by atoms with van der Waals surface area (Å²) in [4.78, 5) is 0. The molecule has 2 aliphatic rings. The van der Waals surface area contributed by atoms with Gasteiger partial charge >= 0.3 is 0 Å². The smallest absolute Gasteiger partial charge is 0.0354 e. The Hall–Kier alpha value is -0.860. The molecule has 3 rings (SSSR count). The van der Waals surface area contributed by atoms with Crippen molar-refractivity contribution in [2.24, 2.45) is 5.92 Å². The zero-order chi connectivity index (χ0) is 9.43. The zero-order valence-electron chi connectivity index (χ0n) is 8.29. The van der Waals surface area contributed by atoms with Crippen LogP contribution in [0.2, 0.25) is 0 Å². The van der Waals surface area contributed by atoms with Crippen molar-refractivity contribution in [3.8, 4) is 0 Å². The van der Waals surface area contributed by atoms with Gasteiger partial charge in [0, 0.05) is 18.6 Å². The summed E-state index contributed by atoms with van der Waals surface area (Å²) in [5, 5.41) is 7.12. The van der Waals surface area contributed by atoms with Gasteiger partial charge < -0.3 is 10.6 Å². The molecule has 2 heteroatoms. The van der Waals surface area contributed by atoms with Crippen LogP contribution in [0.4, 0.5) is 0 Å². The van der Waals surface area contributed by atoms with Crippen molar-refractivity contribution in [1.29, 1.82) is 0 Å². The van der Waals surface area contributed by atoms with Crippen molar-refractivity contribution in [1.82, 2.24) is 10.6 Å². The van der Waals surface area contributed by atoms with Crippen molar-refractivity contribution in [2.45, 2.75) is 18.5 Å². The molecule has 1 aromatic carbocycles. The molecule has 74 valence electrons. The molecule has 1 aliphatic heterocycles. The molecule has 2 fully saturated rings. The van der Waals surface area contributed by atoms with Crippen LogP contribution in [-0.2, 0) is 6.54 Å². The first-order valence-corrected chi connectivity index (χ1v) is 5.39. The van der Waals surface area contributed by atoms with Gasteiger partial charge in [-0.25, -0.2) is 0 Å². The van der Waals surface area contributed by atoms with Gasteiger partial charge in [-0.05, 0) is 24.4 Å². The van der Waals surface area contributed by atoms with Crippen molar-refractivity contribution in [3.63, 3.8) is 0 Å². The Morgan fingerprint density at radius 3 is 2.86 bits per heavy atom. The minimum absolute atomic E-state index is 0.454. The fourth-order valence-corrected chi connectivity index (χ4v) is 2.49. The van der Waals surface area contributed by atoms with Gasteiger partial charge in [0.1, 0.15) is 0 Å². The molecule has 0 aromatic heterocycles. The van der Waals surface area contributed by atoms with Crippen LogP contribution in [0.15, 0.2) is 30.3 Å². The average Bonchev–Trinajstić information content (AvgIpc) is 2.80. The van der Waals surface area contributed by atoms with E-state index in [4.69, 9.17) is 0 Å². The highest BCUT2D eigenvalue weighted by Gasteiger charge is 2.56. The highest BCUT2D eigenvalue weighted by Crippen LogP contribution is 2.46. The first-order valence-electron chi connectivity index (χ1n) is 5.39. The number of hydrogen-bond acceptors (Lipinski definition) is 2. The van der Waals surface area contributed by atoms with Gasteiger partial charge in [0.15, 0.2) is 0 Å². The van der Waals surface area contributed by atoms with E-state index in [-0.39, 0.29) is 0 Å². The summed E-state index contributed by atoms with van der Waals surface area (Å²) < 4.78 is 0. The third kappa shape index (κ3) is 1.35. The molecular weight excluding hydrogens is 172 g/mol. The van der Waals surface area contributed by atoms with E-state index in [0.29, 0.717) is 5.54 Å². The number of nitrogens with one attached hydrogen (secondary N) is 2. The summed E-state index contributed by atoms with van der Waals surface area (Å²) in [6, 6.07) is 10.6. The Balaban J connectivity index is 1.60. The van der Waals surface area contributed by atoms with E-state index in [0.717, 1.165) is 19.0 Å². The molecule has 2 unspecified atom stereocenters. The second kappa shape index (κ2) is 3.07. The molecule has 0 amide bonds. The summed E-state index contributed by atoms with van der Waals surface area (Å²) in [5.74, 6) is 0.895. The SMILES string of the molecule is c1ccc(CNC23CNCC2C3)cc1. The van der Waals surface area contributed by atoms with Crippen LogP contribution in [0.5, 0.6) is 0 Å². The van der Waals surface area contributed by atoms with Crippen molar-refractivity contribution < 1.29 is 0 Å². The molecule has 2 N–H and O–H groups in total. The second-order valence-corrected chi connectivity index (χ2v) is 4.53. The number of rotatable bonds is 3. The highest BCUT2D eigenvalue weighted by molar-refractivity contribution is 5.20. The number of benzene rings is 1. The van der Waals surface area contributed by atoms with E-state index < -0.39 is 0 Å². The fraction of sp³-hybridized carbons (Fsp3) is 0.500. The molecule has 0 bridgehead atoms. The monoisotopic (exact) mass is 188 g/mol. The fourth-order valence-electron chi connectivity index (χ4n) is 2.49. The standard InChI is InChI=1S/C12H16N2/c1-2-4-10(5-3-1)7-14-12-6-11(12)8-13-9-12/h1-5,11,13-14H,6-9H2. The molecule has 1 aromatic rings. The maximum atomic E-state index is 3.69. The average molecular weight is 188 g/mol. The van der Waals surface area contributed by atoms with Gasteiger partial charge in [-0.1, -0.05) is 30.3 Å². The normalized spacial score (nSPS) is 34.1. The molecule has 1 aliphatic carbocycles. The van der Waals surface area contributed by atoms with Crippen LogP contribution in [-0.4, -0.2) is 18.6 Å². The van der Waals surface area contributed by atoms with E-state index >= 15 is 0 Å². The Morgan fingerprint density at radius 2 is 2.21 bits per heavy atom. The van der Waals surface area contributed by atoms with Crippen molar-refractivity contribution >= 4 is 0 Å². The number of fused-ring (bicyclic) bond motifs is 1. The number of piperidine rings is 1. The van der Waals surface area contributed by atoms with Crippen LogP contribution in [0.25, 0.3) is 0 Å². The van der Waals surface area contributed by atoms with Crippen LogP contribution in [0, 0.1) is 5.92 Å². The van der Waals surface area contributed by atoms with Crippen molar-refractivity contribution in [2.75, 3.05) is 13.1 Å². The lowest BCUT2D eigenvalue weighted by molar-refractivity contribution is 0.499. The summed E-state index contributed by atoms with van der Waals surface area (Å²) in [6.45, 7) is 3.38. The molecule has 14 heavy (non-hydrogen) atoms. The highest BCUT2D eigenvalue weighted by atomic mass is 15.2. The lowest BCUT2D eigenvalue weighted by Crippen LogP contribution is -2.36. The van der Waals surface area contributed by atoms with E-state index in [1.807, 2.05) is 0 Å². The Kier molecular flexibility index (Phi) is 1.85.